The van der Waals surface area contributed by atoms with Gasteiger partial charge in [0.25, 0.3) is 5.91 Å². The normalized spacial score (nSPS) is 18.2. The highest BCUT2D eigenvalue weighted by atomic mass is 16.7. The van der Waals surface area contributed by atoms with Gasteiger partial charge in [-0.25, -0.2) is 0 Å². The molecular weight excluding hydrogens is 398 g/mol. The lowest BCUT2D eigenvalue weighted by atomic mass is 9.97. The molecule has 1 unspecified atom stereocenters. The summed E-state index contributed by atoms with van der Waals surface area (Å²) in [5, 5.41) is 8.31. The number of benzene rings is 1. The van der Waals surface area contributed by atoms with E-state index < -0.39 is 0 Å². The molecule has 0 saturated carbocycles. The van der Waals surface area contributed by atoms with Crippen LogP contribution in [0.15, 0.2) is 18.3 Å². The molecule has 1 saturated heterocycles. The molecular formula is C22H31N5O4. The molecule has 9 heteroatoms. The van der Waals surface area contributed by atoms with Crippen LogP contribution in [0, 0.1) is 5.92 Å². The number of carbonyl (C=O) groups excluding carboxylic acids is 1. The van der Waals surface area contributed by atoms with Gasteiger partial charge in [0.2, 0.25) is 12.5 Å². The van der Waals surface area contributed by atoms with E-state index in [-0.39, 0.29) is 12.7 Å². The zero-order chi connectivity index (χ0) is 21.8. The Hall–Kier alpha value is -2.81. The fourth-order valence-electron chi connectivity index (χ4n) is 4.40. The number of hydrogen-bond acceptors (Lipinski definition) is 7. The van der Waals surface area contributed by atoms with Crippen LogP contribution in [0.2, 0.25) is 0 Å². The number of carbonyl (C=O) groups is 1. The van der Waals surface area contributed by atoms with Crippen LogP contribution in [-0.2, 0) is 13.1 Å². The first-order valence-corrected chi connectivity index (χ1v) is 11.0. The van der Waals surface area contributed by atoms with Crippen LogP contribution < -0.4 is 14.2 Å². The first-order valence-electron chi connectivity index (χ1n) is 11.0. The Kier molecular flexibility index (Phi) is 6.60. The Labute approximate surface area is 182 Å². The van der Waals surface area contributed by atoms with E-state index in [0.717, 1.165) is 50.3 Å². The molecule has 1 atom stereocenters. The second-order valence-corrected chi connectivity index (χ2v) is 8.08. The van der Waals surface area contributed by atoms with Gasteiger partial charge in [0, 0.05) is 32.7 Å². The van der Waals surface area contributed by atoms with Crippen molar-refractivity contribution in [1.82, 2.24) is 24.8 Å². The predicted molar refractivity (Wildman–Crippen MR) is 114 cm³/mol. The molecule has 0 bridgehead atoms. The van der Waals surface area contributed by atoms with Gasteiger partial charge in [0.15, 0.2) is 17.2 Å². The van der Waals surface area contributed by atoms with Gasteiger partial charge in [-0.1, -0.05) is 5.21 Å². The van der Waals surface area contributed by atoms with Crippen molar-refractivity contribution in [1.29, 1.82) is 0 Å². The summed E-state index contributed by atoms with van der Waals surface area (Å²) in [6, 6.07) is 4.07. The molecule has 1 amide bonds. The van der Waals surface area contributed by atoms with E-state index in [1.807, 2.05) is 30.7 Å². The SMILES string of the molecule is CCN(CC)C(=O)c1cn(CC2CCCN(Cc3cc(OC)c4c(c3)OCO4)C2)nn1. The second kappa shape index (κ2) is 9.55. The van der Waals surface area contributed by atoms with Gasteiger partial charge in [-0.05, 0) is 56.8 Å². The smallest absolute Gasteiger partial charge is 0.276 e. The molecule has 0 spiro atoms. The Balaban J connectivity index is 1.37. The fourth-order valence-corrected chi connectivity index (χ4v) is 4.40. The summed E-state index contributed by atoms with van der Waals surface area (Å²) in [6.07, 6.45) is 4.05. The van der Waals surface area contributed by atoms with Crippen LogP contribution in [0.3, 0.4) is 0 Å². The molecule has 1 aromatic carbocycles. The molecule has 0 aliphatic carbocycles. The average molecular weight is 430 g/mol. The quantitative estimate of drug-likeness (QED) is 0.637. The molecule has 4 rings (SSSR count). The molecule has 2 aliphatic heterocycles. The standard InChI is InChI=1S/C22H31N5O4/c1-4-26(5-2)22(28)18-14-27(24-23-18)13-16-7-6-8-25(11-16)12-17-9-19(29-3)21-20(10-17)30-15-31-21/h9-10,14,16H,4-8,11-13,15H2,1-3H3. The maximum Gasteiger partial charge on any atom is 0.276 e. The largest absolute Gasteiger partial charge is 0.493 e. The number of piperidine rings is 1. The summed E-state index contributed by atoms with van der Waals surface area (Å²) in [4.78, 5) is 16.7. The van der Waals surface area contributed by atoms with Gasteiger partial charge in [0.05, 0.1) is 13.3 Å². The third-order valence-corrected chi connectivity index (χ3v) is 5.98. The van der Waals surface area contributed by atoms with Crippen molar-refractivity contribution in [3.63, 3.8) is 0 Å². The number of methoxy groups -OCH3 is 1. The summed E-state index contributed by atoms with van der Waals surface area (Å²) < 4.78 is 18.3. The maximum absolute atomic E-state index is 12.5. The topological polar surface area (TPSA) is 82.0 Å². The molecule has 168 valence electrons. The molecule has 0 N–H and O–H groups in total. The number of aromatic nitrogens is 3. The lowest BCUT2D eigenvalue weighted by Gasteiger charge is -2.32. The number of hydrogen-bond donors (Lipinski definition) is 0. The zero-order valence-corrected chi connectivity index (χ0v) is 18.5. The minimum atomic E-state index is -0.0572. The van der Waals surface area contributed by atoms with Crippen LogP contribution in [0.1, 0.15) is 42.7 Å². The van der Waals surface area contributed by atoms with E-state index >= 15 is 0 Å². The molecule has 1 aromatic heterocycles. The lowest BCUT2D eigenvalue weighted by molar-refractivity contribution is 0.0767. The molecule has 3 heterocycles. The number of likely N-dealkylation sites (tertiary alicyclic amines) is 1. The Morgan fingerprint density at radius 2 is 2.13 bits per heavy atom. The summed E-state index contributed by atoms with van der Waals surface area (Å²) >= 11 is 0. The minimum Gasteiger partial charge on any atom is -0.493 e. The van der Waals surface area contributed by atoms with E-state index in [0.29, 0.717) is 36.2 Å². The summed E-state index contributed by atoms with van der Waals surface area (Å²) in [5.74, 6) is 2.55. The number of nitrogens with zero attached hydrogens (tertiary/aromatic N) is 5. The maximum atomic E-state index is 12.5. The third kappa shape index (κ3) is 4.76. The Morgan fingerprint density at radius 1 is 1.29 bits per heavy atom. The van der Waals surface area contributed by atoms with Crippen LogP contribution in [-0.4, -0.2) is 70.8 Å². The highest BCUT2D eigenvalue weighted by Crippen LogP contribution is 2.42. The summed E-state index contributed by atoms with van der Waals surface area (Å²) in [6.45, 7) is 9.13. The van der Waals surface area contributed by atoms with Crippen molar-refractivity contribution >= 4 is 5.91 Å². The third-order valence-electron chi connectivity index (χ3n) is 5.98. The first-order chi connectivity index (χ1) is 15.1. The van der Waals surface area contributed by atoms with Crippen molar-refractivity contribution in [3.05, 3.63) is 29.6 Å². The van der Waals surface area contributed by atoms with Crippen LogP contribution in [0.25, 0.3) is 0 Å². The van der Waals surface area contributed by atoms with Gasteiger partial charge < -0.3 is 19.1 Å². The number of amides is 1. The van der Waals surface area contributed by atoms with E-state index in [4.69, 9.17) is 14.2 Å². The molecule has 9 nitrogen and oxygen atoms in total. The molecule has 2 aromatic rings. The predicted octanol–water partition coefficient (Wildman–Crippen LogP) is 2.41. The molecule has 31 heavy (non-hydrogen) atoms. The van der Waals surface area contributed by atoms with Gasteiger partial charge in [-0.3, -0.25) is 14.4 Å². The van der Waals surface area contributed by atoms with Gasteiger partial charge in [0.1, 0.15) is 0 Å². The lowest BCUT2D eigenvalue weighted by Crippen LogP contribution is -2.36. The Bertz CT molecular complexity index is 911. The van der Waals surface area contributed by atoms with Crippen molar-refractivity contribution in [2.75, 3.05) is 40.1 Å². The van der Waals surface area contributed by atoms with E-state index in [1.54, 1.807) is 18.2 Å². The molecule has 2 aliphatic rings. The zero-order valence-electron chi connectivity index (χ0n) is 18.5. The second-order valence-electron chi connectivity index (χ2n) is 8.08. The molecule has 1 fully saturated rings. The fraction of sp³-hybridized carbons (Fsp3) is 0.591. The highest BCUT2D eigenvalue weighted by molar-refractivity contribution is 5.91. The monoisotopic (exact) mass is 429 g/mol. The van der Waals surface area contributed by atoms with Crippen molar-refractivity contribution in [2.24, 2.45) is 5.92 Å². The number of fused-ring (bicyclic) bond motifs is 1. The number of ether oxygens (including phenoxy) is 3. The Morgan fingerprint density at radius 3 is 2.90 bits per heavy atom. The van der Waals surface area contributed by atoms with Crippen LogP contribution >= 0.6 is 0 Å². The summed E-state index contributed by atoms with van der Waals surface area (Å²) in [5.41, 5.74) is 1.57. The van der Waals surface area contributed by atoms with E-state index in [9.17, 15) is 4.79 Å². The van der Waals surface area contributed by atoms with Crippen molar-refractivity contribution < 1.29 is 19.0 Å². The first kappa shape index (κ1) is 21.4. The average Bonchev–Trinajstić information content (AvgIpc) is 3.44. The van der Waals surface area contributed by atoms with Gasteiger partial charge in [-0.15, -0.1) is 5.10 Å². The van der Waals surface area contributed by atoms with Crippen molar-refractivity contribution in [2.45, 2.75) is 39.8 Å². The summed E-state index contributed by atoms with van der Waals surface area (Å²) in [7, 11) is 1.65. The minimum absolute atomic E-state index is 0.0572. The molecule has 0 radical (unpaired) electrons. The van der Waals surface area contributed by atoms with E-state index in [2.05, 4.69) is 15.2 Å². The van der Waals surface area contributed by atoms with Crippen molar-refractivity contribution in [3.8, 4) is 17.2 Å². The number of rotatable bonds is 8. The van der Waals surface area contributed by atoms with Crippen LogP contribution in [0.5, 0.6) is 17.2 Å². The van der Waals surface area contributed by atoms with E-state index in [1.165, 1.54) is 0 Å². The van der Waals surface area contributed by atoms with Gasteiger partial charge in [-0.2, -0.15) is 0 Å². The van der Waals surface area contributed by atoms with Crippen LogP contribution in [0.4, 0.5) is 0 Å². The van der Waals surface area contributed by atoms with Gasteiger partial charge >= 0.3 is 0 Å². The highest BCUT2D eigenvalue weighted by Gasteiger charge is 2.24.